The fourth-order valence-corrected chi connectivity index (χ4v) is 4.01. The highest BCUT2D eigenvalue weighted by Gasteiger charge is 2.49. The van der Waals surface area contributed by atoms with Crippen LogP contribution in [-0.4, -0.2) is 32.8 Å². The van der Waals surface area contributed by atoms with Crippen LogP contribution < -0.4 is 10.6 Å². The van der Waals surface area contributed by atoms with Gasteiger partial charge in [0.05, 0.1) is 11.6 Å². The van der Waals surface area contributed by atoms with Crippen LogP contribution in [0.1, 0.15) is 44.7 Å². The number of primary amides is 1. The summed E-state index contributed by atoms with van der Waals surface area (Å²) in [6.07, 6.45) is 0. The third-order valence-corrected chi connectivity index (χ3v) is 5.43. The Morgan fingerprint density at radius 1 is 1.25 bits per heavy atom. The van der Waals surface area contributed by atoms with E-state index in [0.29, 0.717) is 17.0 Å². The molecule has 3 aromatic rings. The van der Waals surface area contributed by atoms with Crippen molar-refractivity contribution < 1.29 is 28.4 Å². The first kappa shape index (κ1) is 21.0. The van der Waals surface area contributed by atoms with Gasteiger partial charge in [0.2, 0.25) is 0 Å². The van der Waals surface area contributed by atoms with Crippen LogP contribution in [0.25, 0.3) is 5.76 Å². The molecule has 4 N–H and O–H groups in total. The number of halogens is 1. The van der Waals surface area contributed by atoms with Crippen LogP contribution >= 0.6 is 0 Å². The van der Waals surface area contributed by atoms with Gasteiger partial charge in [-0.3, -0.25) is 19.3 Å². The molecule has 1 atom stereocenters. The maximum atomic E-state index is 14.8. The monoisotopic (exact) mass is 438 g/mol. The fourth-order valence-electron chi connectivity index (χ4n) is 4.01. The Labute approximate surface area is 181 Å². The van der Waals surface area contributed by atoms with Gasteiger partial charge in [0.15, 0.2) is 5.82 Å². The number of anilines is 1. The molecule has 1 aliphatic rings. The van der Waals surface area contributed by atoms with Crippen molar-refractivity contribution in [3.63, 3.8) is 0 Å². The molecule has 10 heteroatoms. The highest BCUT2D eigenvalue weighted by atomic mass is 19.1. The summed E-state index contributed by atoms with van der Waals surface area (Å²) in [5, 5.41) is 15.0. The number of nitrogens with two attached hydrogens (primary N) is 1. The molecule has 2 aromatic heterocycles. The van der Waals surface area contributed by atoms with Crippen molar-refractivity contribution in [1.29, 1.82) is 0 Å². The standard InChI is InChI=1S/C22H19FN4O5/c1-9-8-14(26-32-9)27-18(12-6-4-5-7-13(12)23)16(20(29)22(27)31)19(28)15-10(2)17(21(24)30)25-11(15)3/h4-8,18,25,28H,1-3H3,(H2,24,30)/b19-16+. The minimum atomic E-state index is -1.31. The highest BCUT2D eigenvalue weighted by molar-refractivity contribution is 6.51. The first-order chi connectivity index (χ1) is 15.1. The Morgan fingerprint density at radius 2 is 1.94 bits per heavy atom. The summed E-state index contributed by atoms with van der Waals surface area (Å²) in [7, 11) is 0. The maximum Gasteiger partial charge on any atom is 0.301 e. The molecule has 1 aromatic carbocycles. The molecule has 0 radical (unpaired) electrons. The zero-order valence-electron chi connectivity index (χ0n) is 17.4. The number of aromatic nitrogens is 2. The van der Waals surface area contributed by atoms with Crippen LogP contribution in [0.2, 0.25) is 0 Å². The Kier molecular flexibility index (Phi) is 4.92. The Morgan fingerprint density at radius 3 is 2.50 bits per heavy atom. The number of aryl methyl sites for hydroxylation is 2. The van der Waals surface area contributed by atoms with E-state index in [1.807, 2.05) is 0 Å². The van der Waals surface area contributed by atoms with Crippen molar-refractivity contribution in [1.82, 2.24) is 10.1 Å². The molecule has 1 fully saturated rings. The number of carbonyl (C=O) groups excluding carboxylic acids is 3. The predicted molar refractivity (Wildman–Crippen MR) is 111 cm³/mol. The van der Waals surface area contributed by atoms with Gasteiger partial charge in [-0.25, -0.2) is 4.39 Å². The molecule has 32 heavy (non-hydrogen) atoms. The summed E-state index contributed by atoms with van der Waals surface area (Å²) in [5.41, 5.74) is 5.84. The summed E-state index contributed by atoms with van der Waals surface area (Å²) in [4.78, 5) is 41.5. The normalized spacial score (nSPS) is 17.9. The summed E-state index contributed by atoms with van der Waals surface area (Å²) >= 11 is 0. The van der Waals surface area contributed by atoms with Crippen molar-refractivity contribution in [2.45, 2.75) is 26.8 Å². The van der Waals surface area contributed by atoms with Gasteiger partial charge < -0.3 is 20.3 Å². The Balaban J connectivity index is 2.02. The molecule has 9 nitrogen and oxygen atoms in total. The number of benzene rings is 1. The van der Waals surface area contributed by atoms with E-state index in [4.69, 9.17) is 10.3 Å². The first-order valence-corrected chi connectivity index (χ1v) is 9.61. The molecule has 1 unspecified atom stereocenters. The van der Waals surface area contributed by atoms with Gasteiger partial charge in [-0.15, -0.1) is 0 Å². The van der Waals surface area contributed by atoms with E-state index in [-0.39, 0.29) is 28.2 Å². The molecule has 0 saturated carbocycles. The number of nitrogens with one attached hydrogen (secondary N) is 1. The molecule has 2 amide bonds. The van der Waals surface area contributed by atoms with Gasteiger partial charge >= 0.3 is 5.91 Å². The van der Waals surface area contributed by atoms with Gasteiger partial charge in [-0.2, -0.15) is 0 Å². The molecule has 1 aliphatic heterocycles. The largest absolute Gasteiger partial charge is 0.507 e. The van der Waals surface area contributed by atoms with Crippen molar-refractivity contribution >= 4 is 29.2 Å². The number of ketones is 1. The van der Waals surface area contributed by atoms with E-state index in [1.54, 1.807) is 19.9 Å². The van der Waals surface area contributed by atoms with Crippen molar-refractivity contribution in [2.75, 3.05) is 4.90 Å². The van der Waals surface area contributed by atoms with Gasteiger partial charge in [-0.1, -0.05) is 23.4 Å². The van der Waals surface area contributed by atoms with Crippen LogP contribution in [0.5, 0.6) is 0 Å². The van der Waals surface area contributed by atoms with Crippen LogP contribution in [-0.2, 0) is 9.59 Å². The number of aromatic amines is 1. The average molecular weight is 438 g/mol. The van der Waals surface area contributed by atoms with Crippen LogP contribution in [0.15, 0.2) is 40.4 Å². The topological polar surface area (TPSA) is 143 Å². The van der Waals surface area contributed by atoms with Crippen LogP contribution in [0.3, 0.4) is 0 Å². The number of H-pyrrole nitrogens is 1. The number of hydrogen-bond acceptors (Lipinski definition) is 6. The maximum absolute atomic E-state index is 14.8. The zero-order valence-corrected chi connectivity index (χ0v) is 17.4. The number of aliphatic hydroxyl groups is 1. The molecule has 1 saturated heterocycles. The minimum absolute atomic E-state index is 0.00256. The average Bonchev–Trinajstić information content (AvgIpc) is 3.36. The number of nitrogens with zero attached hydrogens (tertiary/aromatic N) is 2. The molecule has 0 spiro atoms. The second-order valence-electron chi connectivity index (χ2n) is 7.48. The number of amides is 2. The molecule has 0 bridgehead atoms. The lowest BCUT2D eigenvalue weighted by atomic mass is 9.93. The number of rotatable bonds is 4. The van der Waals surface area contributed by atoms with Crippen molar-refractivity contribution in [2.24, 2.45) is 5.73 Å². The van der Waals surface area contributed by atoms with Crippen LogP contribution in [0, 0.1) is 26.6 Å². The lowest BCUT2D eigenvalue weighted by Gasteiger charge is -2.23. The van der Waals surface area contributed by atoms with Gasteiger partial charge in [-0.05, 0) is 32.4 Å². The van der Waals surface area contributed by atoms with E-state index in [1.165, 1.54) is 31.2 Å². The molecule has 4 rings (SSSR count). The quantitative estimate of drug-likeness (QED) is 0.325. The fraction of sp³-hybridized carbons (Fsp3) is 0.182. The van der Waals surface area contributed by atoms with Gasteiger partial charge in [0.25, 0.3) is 11.7 Å². The van der Waals surface area contributed by atoms with E-state index < -0.39 is 35.2 Å². The first-order valence-electron chi connectivity index (χ1n) is 9.61. The Bertz CT molecular complexity index is 1320. The van der Waals surface area contributed by atoms with E-state index in [2.05, 4.69) is 10.1 Å². The van der Waals surface area contributed by atoms with Gasteiger partial charge in [0, 0.05) is 22.9 Å². The lowest BCUT2D eigenvalue weighted by molar-refractivity contribution is -0.132. The predicted octanol–water partition coefficient (Wildman–Crippen LogP) is 2.79. The Hall–Kier alpha value is -4.21. The molecule has 3 heterocycles. The van der Waals surface area contributed by atoms with E-state index in [9.17, 15) is 23.9 Å². The van der Waals surface area contributed by atoms with E-state index in [0.717, 1.165) is 4.90 Å². The zero-order chi connectivity index (χ0) is 23.3. The molecular weight excluding hydrogens is 419 g/mol. The summed E-state index contributed by atoms with van der Waals surface area (Å²) in [6, 6.07) is 5.71. The van der Waals surface area contributed by atoms with E-state index >= 15 is 0 Å². The van der Waals surface area contributed by atoms with Crippen LogP contribution in [0.4, 0.5) is 10.2 Å². The highest BCUT2D eigenvalue weighted by Crippen LogP contribution is 2.43. The van der Waals surface area contributed by atoms with Gasteiger partial charge in [0.1, 0.15) is 23.0 Å². The number of aliphatic hydroxyl groups excluding tert-OH is 1. The number of hydrogen-bond donors (Lipinski definition) is 3. The summed E-state index contributed by atoms with van der Waals surface area (Å²) in [6.45, 7) is 4.71. The molecule has 0 aliphatic carbocycles. The molecular formula is C22H19FN4O5. The minimum Gasteiger partial charge on any atom is -0.507 e. The second kappa shape index (κ2) is 7.49. The van der Waals surface area contributed by atoms with Crippen molar-refractivity contribution in [3.8, 4) is 0 Å². The summed E-state index contributed by atoms with van der Waals surface area (Å²) < 4.78 is 19.9. The summed E-state index contributed by atoms with van der Waals surface area (Å²) in [5.74, 6) is -3.66. The number of Topliss-reactive ketones (excluding diaryl/α,β-unsaturated/α-hetero) is 1. The second-order valence-corrected chi connectivity index (χ2v) is 7.48. The van der Waals surface area contributed by atoms with Crippen molar-refractivity contribution in [3.05, 3.63) is 75.6 Å². The lowest BCUT2D eigenvalue weighted by Crippen LogP contribution is -2.30. The third kappa shape index (κ3) is 3.08. The molecule has 164 valence electrons. The SMILES string of the molecule is Cc1cc(N2C(=O)C(=O)/C(=C(/O)c3c(C)[nH]c(C(N)=O)c3C)C2c2ccccc2F)no1. The third-order valence-electron chi connectivity index (χ3n) is 5.43. The smallest absolute Gasteiger partial charge is 0.301 e. The number of carbonyl (C=O) groups is 3.